The molecule has 0 spiro atoms. The number of fused-ring (bicyclic) bond motifs is 9. The van der Waals surface area contributed by atoms with E-state index in [9.17, 15) is 0 Å². The van der Waals surface area contributed by atoms with Gasteiger partial charge < -0.3 is 4.57 Å². The number of hydrogen-bond acceptors (Lipinski definition) is 3. The summed E-state index contributed by atoms with van der Waals surface area (Å²) in [4.78, 5) is 11.0. The quantitative estimate of drug-likeness (QED) is 0.183. The van der Waals surface area contributed by atoms with Crippen LogP contribution in [0.4, 0.5) is 0 Å². The highest BCUT2D eigenvalue weighted by atomic mass is 32.1. The number of aromatic nitrogens is 3. The Morgan fingerprint density at radius 1 is 0.491 bits per heavy atom. The topological polar surface area (TPSA) is 30.7 Å². The van der Waals surface area contributed by atoms with Crippen molar-refractivity contribution in [2.24, 2.45) is 0 Å². The Morgan fingerprint density at radius 3 is 1.91 bits per heavy atom. The molecule has 0 atom stereocenters. The highest BCUT2D eigenvalue weighted by Gasteiger charge is 2.37. The Morgan fingerprint density at radius 2 is 1.11 bits per heavy atom. The van der Waals surface area contributed by atoms with E-state index in [1.54, 1.807) is 0 Å². The van der Waals surface area contributed by atoms with Gasteiger partial charge in [0.2, 0.25) is 0 Å². The van der Waals surface area contributed by atoms with Crippen LogP contribution in [0.1, 0.15) is 25.0 Å². The van der Waals surface area contributed by atoms with E-state index < -0.39 is 0 Å². The van der Waals surface area contributed by atoms with Crippen molar-refractivity contribution in [1.29, 1.82) is 0 Å². The second kappa shape index (κ2) is 11.3. The van der Waals surface area contributed by atoms with E-state index in [-0.39, 0.29) is 5.41 Å². The largest absolute Gasteiger partial charge is 0.309 e. The van der Waals surface area contributed by atoms with Gasteiger partial charge in [0, 0.05) is 58.7 Å². The third-order valence-electron chi connectivity index (χ3n) is 11.2. The summed E-state index contributed by atoms with van der Waals surface area (Å²) in [6, 6.07) is 59.1. The number of rotatable bonds is 4. The minimum Gasteiger partial charge on any atom is -0.309 e. The fraction of sp³-hybridized carbons (Fsp3) is 0.0612. The van der Waals surface area contributed by atoms with Crippen LogP contribution >= 0.6 is 11.3 Å². The first kappa shape index (κ1) is 30.3. The molecule has 0 saturated heterocycles. The highest BCUT2D eigenvalue weighted by Crippen LogP contribution is 2.52. The maximum atomic E-state index is 5.56. The van der Waals surface area contributed by atoms with E-state index in [0.29, 0.717) is 0 Å². The molecule has 0 amide bonds. The zero-order chi connectivity index (χ0) is 35.3. The van der Waals surface area contributed by atoms with Gasteiger partial charge in [-0.25, -0.2) is 9.97 Å². The van der Waals surface area contributed by atoms with Crippen LogP contribution in [-0.4, -0.2) is 14.5 Å². The maximum absolute atomic E-state index is 5.56. The van der Waals surface area contributed by atoms with Crippen molar-refractivity contribution in [3.63, 3.8) is 0 Å². The van der Waals surface area contributed by atoms with Crippen LogP contribution in [0, 0.1) is 0 Å². The number of thiophene rings is 1. The maximum Gasteiger partial charge on any atom is 0.161 e. The van der Waals surface area contributed by atoms with Crippen molar-refractivity contribution >= 4 is 53.3 Å². The lowest BCUT2D eigenvalue weighted by atomic mass is 9.79. The Hall–Kier alpha value is -6.36. The molecule has 7 aromatic carbocycles. The van der Waals surface area contributed by atoms with Gasteiger partial charge in [0.1, 0.15) is 0 Å². The molecule has 1 aliphatic rings. The Bertz CT molecular complexity index is 3040. The van der Waals surface area contributed by atoms with Gasteiger partial charge in [-0.3, -0.25) is 0 Å². The van der Waals surface area contributed by atoms with E-state index in [1.165, 1.54) is 64.2 Å². The standard InChI is InChI=1S/C49H33N3S/c1-49(2)40-23-10-6-17-32(40)36-21-14-22-37(46(36)49)42-29-41(30-15-4-3-5-16-30)50-48(51-42)39-28-31(27-38-35-20-9-13-26-45(35)53-47(38)39)52-43-24-11-7-18-33(43)34-19-8-12-25-44(34)52/h3-29H,1-2H3. The molecule has 250 valence electrons. The van der Waals surface area contributed by atoms with Gasteiger partial charge in [0.05, 0.1) is 22.4 Å². The average Bonchev–Trinajstić information content (AvgIpc) is 3.83. The van der Waals surface area contributed by atoms with Crippen molar-refractivity contribution in [3.05, 3.63) is 175 Å². The summed E-state index contributed by atoms with van der Waals surface area (Å²) in [6.45, 7) is 4.69. The van der Waals surface area contributed by atoms with Crippen LogP contribution < -0.4 is 0 Å². The van der Waals surface area contributed by atoms with Crippen LogP contribution in [0.2, 0.25) is 0 Å². The van der Waals surface area contributed by atoms with E-state index in [2.05, 4.69) is 182 Å². The summed E-state index contributed by atoms with van der Waals surface area (Å²) in [5.74, 6) is 0.728. The fourth-order valence-corrected chi connectivity index (χ4v) is 10.0. The third-order valence-corrected chi connectivity index (χ3v) is 12.4. The summed E-state index contributed by atoms with van der Waals surface area (Å²) in [5.41, 5.74) is 13.6. The number of hydrogen-bond donors (Lipinski definition) is 0. The van der Waals surface area contributed by atoms with Crippen LogP contribution in [0.25, 0.3) is 92.7 Å². The Labute approximate surface area is 311 Å². The summed E-state index contributed by atoms with van der Waals surface area (Å²) < 4.78 is 4.85. The molecule has 0 unspecified atom stereocenters. The summed E-state index contributed by atoms with van der Waals surface area (Å²) in [6.07, 6.45) is 0. The first-order chi connectivity index (χ1) is 26.0. The molecule has 0 N–H and O–H groups in total. The van der Waals surface area contributed by atoms with E-state index in [1.807, 2.05) is 11.3 Å². The molecule has 3 aromatic heterocycles. The monoisotopic (exact) mass is 695 g/mol. The second-order valence-corrected chi connectivity index (χ2v) is 15.6. The zero-order valence-electron chi connectivity index (χ0n) is 29.3. The van der Waals surface area contributed by atoms with E-state index in [4.69, 9.17) is 9.97 Å². The lowest BCUT2D eigenvalue weighted by Crippen LogP contribution is -2.16. The third kappa shape index (κ3) is 4.46. The molecule has 0 fully saturated rings. The molecule has 3 heterocycles. The predicted octanol–water partition coefficient (Wildman–Crippen LogP) is 13.2. The van der Waals surface area contributed by atoms with Gasteiger partial charge in [-0.05, 0) is 58.7 Å². The molecule has 0 radical (unpaired) electrons. The summed E-state index contributed by atoms with van der Waals surface area (Å²) >= 11 is 1.82. The Kier molecular flexibility index (Phi) is 6.47. The fourth-order valence-electron chi connectivity index (χ4n) is 8.83. The molecule has 0 aliphatic heterocycles. The van der Waals surface area contributed by atoms with Gasteiger partial charge in [0.15, 0.2) is 5.82 Å². The first-order valence-electron chi connectivity index (χ1n) is 18.2. The summed E-state index contributed by atoms with van der Waals surface area (Å²) in [5, 5.41) is 4.95. The van der Waals surface area contributed by atoms with Gasteiger partial charge >= 0.3 is 0 Å². The molecular formula is C49H33N3S. The SMILES string of the molecule is CC1(C)c2ccccc2-c2cccc(-c3cc(-c4ccccc4)nc(-c4cc(-n5c6ccccc6c6ccccc65)cc5c4sc4ccccc45)n3)c21. The molecule has 10 aromatic rings. The van der Waals surface area contributed by atoms with Crippen molar-refractivity contribution in [2.75, 3.05) is 0 Å². The molecule has 0 saturated carbocycles. The van der Waals surface area contributed by atoms with Crippen LogP contribution in [0.3, 0.4) is 0 Å². The first-order valence-corrected chi connectivity index (χ1v) is 19.0. The molecule has 3 nitrogen and oxygen atoms in total. The average molecular weight is 696 g/mol. The second-order valence-electron chi connectivity index (χ2n) is 14.6. The van der Waals surface area contributed by atoms with Gasteiger partial charge in [-0.15, -0.1) is 11.3 Å². The Balaban J connectivity index is 1.23. The van der Waals surface area contributed by atoms with E-state index in [0.717, 1.165) is 39.6 Å². The summed E-state index contributed by atoms with van der Waals surface area (Å²) in [7, 11) is 0. The molecule has 1 aliphatic carbocycles. The smallest absolute Gasteiger partial charge is 0.161 e. The van der Waals surface area contributed by atoms with Gasteiger partial charge in [-0.1, -0.05) is 141 Å². The minimum atomic E-state index is -0.185. The number of nitrogens with zero attached hydrogens (tertiary/aromatic N) is 3. The normalized spacial score (nSPS) is 13.2. The number of para-hydroxylation sites is 2. The molecule has 53 heavy (non-hydrogen) atoms. The minimum absolute atomic E-state index is 0.185. The lowest BCUT2D eigenvalue weighted by Gasteiger charge is -2.24. The molecular weight excluding hydrogens is 663 g/mol. The van der Waals surface area contributed by atoms with Gasteiger partial charge in [-0.2, -0.15) is 0 Å². The lowest BCUT2D eigenvalue weighted by molar-refractivity contribution is 0.662. The van der Waals surface area contributed by atoms with Crippen molar-refractivity contribution in [3.8, 4) is 50.7 Å². The molecule has 4 heteroatoms. The van der Waals surface area contributed by atoms with Gasteiger partial charge in [0.25, 0.3) is 0 Å². The molecule has 11 rings (SSSR count). The van der Waals surface area contributed by atoms with Crippen LogP contribution in [0.15, 0.2) is 164 Å². The van der Waals surface area contributed by atoms with E-state index >= 15 is 0 Å². The van der Waals surface area contributed by atoms with Crippen LogP contribution in [-0.2, 0) is 5.41 Å². The highest BCUT2D eigenvalue weighted by molar-refractivity contribution is 7.26. The molecule has 0 bridgehead atoms. The predicted molar refractivity (Wildman–Crippen MR) is 223 cm³/mol. The van der Waals surface area contributed by atoms with Crippen LogP contribution in [0.5, 0.6) is 0 Å². The zero-order valence-corrected chi connectivity index (χ0v) is 30.2. The van der Waals surface area contributed by atoms with Crippen molar-refractivity contribution in [1.82, 2.24) is 14.5 Å². The number of benzene rings is 7. The van der Waals surface area contributed by atoms with Crippen molar-refractivity contribution in [2.45, 2.75) is 19.3 Å². The van der Waals surface area contributed by atoms with Crippen molar-refractivity contribution < 1.29 is 0 Å².